The Bertz CT molecular complexity index is 765. The van der Waals surface area contributed by atoms with Gasteiger partial charge in [0, 0.05) is 10.6 Å². The number of nitrogens with zero attached hydrogens (tertiary/aromatic N) is 2. The molecule has 3 nitrogen and oxygen atoms in total. The van der Waals surface area contributed by atoms with Crippen LogP contribution in [0.25, 0.3) is 16.9 Å². The van der Waals surface area contributed by atoms with Gasteiger partial charge in [0.2, 0.25) is 0 Å². The Hall–Kier alpha value is -1.65. The van der Waals surface area contributed by atoms with Crippen molar-refractivity contribution in [1.82, 2.24) is 9.38 Å². The Morgan fingerprint density at radius 2 is 1.89 bits per heavy atom. The first-order chi connectivity index (χ1) is 9.20. The lowest BCUT2D eigenvalue weighted by Gasteiger charge is -2.03. The van der Waals surface area contributed by atoms with Crippen molar-refractivity contribution in [3.05, 3.63) is 57.8 Å². The van der Waals surface area contributed by atoms with Crippen LogP contribution < -0.4 is 0 Å². The second-order valence-electron chi connectivity index (χ2n) is 4.01. The van der Waals surface area contributed by atoms with Crippen molar-refractivity contribution in [1.29, 1.82) is 0 Å². The molecule has 0 N–H and O–H groups in total. The van der Waals surface area contributed by atoms with Crippen molar-refractivity contribution < 1.29 is 4.79 Å². The Kier molecular flexibility index (Phi) is 3.12. The Morgan fingerprint density at radius 1 is 1.16 bits per heavy atom. The molecule has 5 heteroatoms. The molecule has 0 atom stereocenters. The fourth-order valence-corrected chi connectivity index (χ4v) is 2.64. The number of carbonyl (C=O) groups excluding carboxylic acids is 1. The third-order valence-electron chi connectivity index (χ3n) is 2.86. The Labute approximate surface area is 123 Å². The van der Waals surface area contributed by atoms with E-state index < -0.39 is 0 Å². The minimum absolute atomic E-state index is 0.422. The summed E-state index contributed by atoms with van der Waals surface area (Å²) >= 11 is 9.37. The van der Waals surface area contributed by atoms with Crippen LogP contribution in [0.4, 0.5) is 0 Å². The predicted molar refractivity (Wildman–Crippen MR) is 78.7 cm³/mol. The second kappa shape index (κ2) is 4.79. The highest BCUT2D eigenvalue weighted by Gasteiger charge is 2.13. The smallest absolute Gasteiger partial charge is 0.170 e. The first-order valence-corrected chi connectivity index (χ1v) is 6.76. The molecular formula is C14H8BrClN2O. The molecule has 0 unspecified atom stereocenters. The van der Waals surface area contributed by atoms with Crippen molar-refractivity contribution >= 4 is 39.3 Å². The highest BCUT2D eigenvalue weighted by molar-refractivity contribution is 9.10. The molecule has 0 amide bonds. The summed E-state index contributed by atoms with van der Waals surface area (Å²) in [6.45, 7) is 0. The summed E-state index contributed by atoms with van der Waals surface area (Å²) in [5.74, 6) is 0.709. The Morgan fingerprint density at radius 3 is 2.58 bits per heavy atom. The van der Waals surface area contributed by atoms with Gasteiger partial charge >= 0.3 is 0 Å². The molecule has 0 aliphatic rings. The highest BCUT2D eigenvalue weighted by Crippen LogP contribution is 2.27. The van der Waals surface area contributed by atoms with E-state index in [2.05, 4.69) is 20.9 Å². The van der Waals surface area contributed by atoms with Crippen LogP contribution in [0, 0.1) is 0 Å². The molecule has 3 rings (SSSR count). The van der Waals surface area contributed by atoms with E-state index in [9.17, 15) is 4.79 Å². The summed E-state index contributed by atoms with van der Waals surface area (Å²) in [5.41, 5.74) is 2.10. The summed E-state index contributed by atoms with van der Waals surface area (Å²) in [5, 5.41) is 0.666. The number of halogens is 2. The van der Waals surface area contributed by atoms with E-state index in [-0.39, 0.29) is 0 Å². The van der Waals surface area contributed by atoms with Gasteiger partial charge in [-0.15, -0.1) is 0 Å². The lowest BCUT2D eigenvalue weighted by molar-refractivity contribution is 0.112. The monoisotopic (exact) mass is 334 g/mol. The van der Waals surface area contributed by atoms with E-state index in [4.69, 9.17) is 11.6 Å². The van der Waals surface area contributed by atoms with Crippen LogP contribution in [0.15, 0.2) is 47.1 Å². The summed E-state index contributed by atoms with van der Waals surface area (Å²) in [6.07, 6.45) is 0.765. The van der Waals surface area contributed by atoms with Gasteiger partial charge in [-0.05, 0) is 52.3 Å². The molecule has 2 heterocycles. The average molecular weight is 336 g/mol. The normalized spacial score (nSPS) is 10.8. The molecule has 0 spiro atoms. The van der Waals surface area contributed by atoms with Crippen molar-refractivity contribution in [3.63, 3.8) is 0 Å². The zero-order chi connectivity index (χ0) is 13.4. The number of rotatable bonds is 2. The third-order valence-corrected chi connectivity index (χ3v) is 3.73. The van der Waals surface area contributed by atoms with Gasteiger partial charge in [0.25, 0.3) is 0 Å². The van der Waals surface area contributed by atoms with Crippen molar-refractivity contribution in [2.24, 2.45) is 0 Å². The number of hydrogen-bond acceptors (Lipinski definition) is 2. The molecule has 0 aliphatic carbocycles. The van der Waals surface area contributed by atoms with Crippen molar-refractivity contribution in [2.45, 2.75) is 0 Å². The molecular weight excluding hydrogens is 328 g/mol. The molecule has 3 aromatic rings. The van der Waals surface area contributed by atoms with Crippen LogP contribution in [0.5, 0.6) is 0 Å². The zero-order valence-corrected chi connectivity index (χ0v) is 12.0. The molecule has 0 aliphatic heterocycles. The number of pyridine rings is 1. The van der Waals surface area contributed by atoms with Gasteiger partial charge in [-0.25, -0.2) is 4.98 Å². The molecule has 0 saturated heterocycles. The first-order valence-electron chi connectivity index (χ1n) is 5.59. The van der Waals surface area contributed by atoms with Crippen molar-refractivity contribution in [2.75, 3.05) is 0 Å². The molecule has 2 aromatic heterocycles. The lowest BCUT2D eigenvalue weighted by Crippen LogP contribution is -1.90. The summed E-state index contributed by atoms with van der Waals surface area (Å²) < 4.78 is 2.74. The minimum atomic E-state index is 0.422. The second-order valence-corrected chi connectivity index (χ2v) is 5.26. The molecule has 19 heavy (non-hydrogen) atoms. The highest BCUT2D eigenvalue weighted by atomic mass is 79.9. The maximum Gasteiger partial charge on any atom is 0.170 e. The van der Waals surface area contributed by atoms with Crippen LogP contribution in [0.3, 0.4) is 0 Å². The van der Waals surface area contributed by atoms with Crippen molar-refractivity contribution in [3.8, 4) is 11.4 Å². The molecule has 0 fully saturated rings. The van der Waals surface area contributed by atoms with E-state index in [1.54, 1.807) is 12.1 Å². The summed E-state index contributed by atoms with van der Waals surface area (Å²) in [7, 11) is 0. The maximum absolute atomic E-state index is 11.1. The van der Waals surface area contributed by atoms with Gasteiger partial charge in [-0.1, -0.05) is 17.7 Å². The predicted octanol–water partition coefficient (Wildman–Crippen LogP) is 4.23. The van der Waals surface area contributed by atoms with E-state index in [0.717, 1.165) is 22.0 Å². The van der Waals surface area contributed by atoms with Crippen LogP contribution in [0.2, 0.25) is 5.02 Å². The van der Waals surface area contributed by atoms with Gasteiger partial charge in [0.05, 0.1) is 10.1 Å². The average Bonchev–Trinajstić information content (AvgIpc) is 2.80. The van der Waals surface area contributed by atoms with Gasteiger partial charge in [-0.2, -0.15) is 0 Å². The number of aromatic nitrogens is 2. The van der Waals surface area contributed by atoms with E-state index in [0.29, 0.717) is 16.5 Å². The summed E-state index contributed by atoms with van der Waals surface area (Å²) in [6, 6.07) is 13.0. The molecule has 0 radical (unpaired) electrons. The largest absolute Gasteiger partial charge is 0.296 e. The number of imidazole rings is 1. The van der Waals surface area contributed by atoms with E-state index in [1.165, 1.54) is 0 Å². The SMILES string of the molecule is O=Cc1nc(-c2ccc(Cl)cc2)n2c(Br)cccc12. The number of hydrogen-bond donors (Lipinski definition) is 0. The number of benzene rings is 1. The molecule has 0 bridgehead atoms. The standard InChI is InChI=1S/C14H8BrClN2O/c15-13-3-1-2-12-11(8-19)17-14(18(12)13)9-4-6-10(16)7-5-9/h1-8H. The maximum atomic E-state index is 11.1. The number of carbonyl (C=O) groups is 1. The lowest BCUT2D eigenvalue weighted by atomic mass is 10.2. The third kappa shape index (κ3) is 2.07. The quantitative estimate of drug-likeness (QED) is 0.519. The minimum Gasteiger partial charge on any atom is -0.296 e. The first kappa shape index (κ1) is 12.4. The fraction of sp³-hybridized carbons (Fsp3) is 0. The molecule has 0 saturated carbocycles. The summed E-state index contributed by atoms with van der Waals surface area (Å²) in [4.78, 5) is 15.5. The molecule has 94 valence electrons. The van der Waals surface area contributed by atoms with E-state index >= 15 is 0 Å². The number of fused-ring (bicyclic) bond motifs is 1. The van der Waals surface area contributed by atoms with E-state index in [1.807, 2.05) is 34.7 Å². The number of aldehydes is 1. The van der Waals surface area contributed by atoms with Gasteiger partial charge in [0.15, 0.2) is 6.29 Å². The van der Waals surface area contributed by atoms with Gasteiger partial charge in [0.1, 0.15) is 11.5 Å². The van der Waals surface area contributed by atoms with Gasteiger partial charge in [-0.3, -0.25) is 9.20 Å². The Balaban J connectivity index is 2.35. The fourth-order valence-electron chi connectivity index (χ4n) is 2.00. The van der Waals surface area contributed by atoms with Gasteiger partial charge < -0.3 is 0 Å². The molecule has 1 aromatic carbocycles. The van der Waals surface area contributed by atoms with Crippen LogP contribution in [0.1, 0.15) is 10.5 Å². The van der Waals surface area contributed by atoms with Crippen LogP contribution in [-0.2, 0) is 0 Å². The van der Waals surface area contributed by atoms with Crippen LogP contribution >= 0.6 is 27.5 Å². The topological polar surface area (TPSA) is 34.4 Å². The zero-order valence-electron chi connectivity index (χ0n) is 9.68. The van der Waals surface area contributed by atoms with Crippen LogP contribution in [-0.4, -0.2) is 15.7 Å².